The Balaban J connectivity index is 1.69. The second-order valence-corrected chi connectivity index (χ2v) is 7.04. The van der Waals surface area contributed by atoms with Crippen molar-refractivity contribution in [1.29, 1.82) is 0 Å². The molecule has 0 bridgehead atoms. The van der Waals surface area contributed by atoms with Gasteiger partial charge in [-0.15, -0.1) is 0 Å². The summed E-state index contributed by atoms with van der Waals surface area (Å²) in [7, 11) is 1.26. The topological polar surface area (TPSA) is 93.7 Å². The number of carbonyl (C=O) groups excluding carboxylic acids is 3. The van der Waals surface area contributed by atoms with Crippen molar-refractivity contribution in [3.63, 3.8) is 0 Å². The number of anilines is 1. The van der Waals surface area contributed by atoms with Crippen molar-refractivity contribution in [2.75, 3.05) is 25.6 Å². The number of benzene rings is 2. The molecule has 0 saturated carbocycles. The SMILES string of the molecule is COC(=O)CNC(=O)Cc1ccc(NC(=O)CCCOc2ccc(Cl)c(C)c2)cc1. The van der Waals surface area contributed by atoms with Gasteiger partial charge in [0.1, 0.15) is 12.3 Å². The normalized spacial score (nSPS) is 10.2. The lowest BCUT2D eigenvalue weighted by molar-refractivity contribution is -0.141. The maximum Gasteiger partial charge on any atom is 0.325 e. The molecule has 0 radical (unpaired) electrons. The van der Waals surface area contributed by atoms with Crippen molar-refractivity contribution >= 4 is 35.1 Å². The molecule has 2 rings (SSSR count). The third-order valence-corrected chi connectivity index (χ3v) is 4.63. The van der Waals surface area contributed by atoms with Gasteiger partial charge in [0.25, 0.3) is 0 Å². The minimum Gasteiger partial charge on any atom is -0.494 e. The fourth-order valence-electron chi connectivity index (χ4n) is 2.55. The van der Waals surface area contributed by atoms with E-state index < -0.39 is 5.97 Å². The Bertz CT molecular complexity index is 884. The van der Waals surface area contributed by atoms with E-state index in [9.17, 15) is 14.4 Å². The van der Waals surface area contributed by atoms with Crippen LogP contribution in [0, 0.1) is 6.92 Å². The molecule has 160 valence electrons. The lowest BCUT2D eigenvalue weighted by Gasteiger charge is -2.09. The summed E-state index contributed by atoms with van der Waals surface area (Å²) in [6.45, 7) is 2.17. The number of ether oxygens (including phenoxy) is 2. The lowest BCUT2D eigenvalue weighted by Crippen LogP contribution is -2.31. The molecule has 0 aliphatic rings. The Hall–Kier alpha value is -3.06. The number of methoxy groups -OCH3 is 1. The number of carbonyl (C=O) groups is 3. The van der Waals surface area contributed by atoms with Gasteiger partial charge in [0.05, 0.1) is 20.1 Å². The second-order valence-electron chi connectivity index (χ2n) is 6.64. The summed E-state index contributed by atoms with van der Waals surface area (Å²) in [5.74, 6) is -0.180. The molecule has 2 aromatic carbocycles. The van der Waals surface area contributed by atoms with Crippen molar-refractivity contribution in [2.24, 2.45) is 0 Å². The minimum atomic E-state index is -0.505. The van der Waals surface area contributed by atoms with Crippen LogP contribution in [0.3, 0.4) is 0 Å². The van der Waals surface area contributed by atoms with Crippen LogP contribution >= 0.6 is 11.6 Å². The van der Waals surface area contributed by atoms with Crippen molar-refractivity contribution in [2.45, 2.75) is 26.2 Å². The van der Waals surface area contributed by atoms with E-state index in [1.54, 1.807) is 36.4 Å². The van der Waals surface area contributed by atoms with E-state index in [0.29, 0.717) is 30.2 Å². The molecule has 0 saturated heterocycles. The lowest BCUT2D eigenvalue weighted by atomic mass is 10.1. The predicted octanol–water partition coefficient (Wildman–Crippen LogP) is 3.28. The van der Waals surface area contributed by atoms with E-state index in [1.165, 1.54) is 7.11 Å². The number of amides is 2. The smallest absolute Gasteiger partial charge is 0.325 e. The number of hydrogen-bond acceptors (Lipinski definition) is 5. The van der Waals surface area contributed by atoms with Crippen LogP contribution in [0.5, 0.6) is 5.75 Å². The van der Waals surface area contributed by atoms with Crippen LogP contribution in [0.1, 0.15) is 24.0 Å². The summed E-state index contributed by atoms with van der Waals surface area (Å²) in [4.78, 5) is 34.9. The van der Waals surface area contributed by atoms with Gasteiger partial charge < -0.3 is 20.1 Å². The van der Waals surface area contributed by atoms with Crippen molar-refractivity contribution in [3.05, 3.63) is 58.6 Å². The number of halogens is 1. The molecule has 7 nitrogen and oxygen atoms in total. The zero-order valence-electron chi connectivity index (χ0n) is 17.0. The van der Waals surface area contributed by atoms with Crippen LogP contribution in [-0.4, -0.2) is 38.0 Å². The first kappa shape index (κ1) is 23.2. The molecule has 2 aromatic rings. The van der Waals surface area contributed by atoms with Crippen LogP contribution < -0.4 is 15.4 Å². The van der Waals surface area contributed by atoms with Crippen LogP contribution in [0.15, 0.2) is 42.5 Å². The average Bonchev–Trinajstić information content (AvgIpc) is 2.73. The van der Waals surface area contributed by atoms with Crippen LogP contribution in [-0.2, 0) is 25.5 Å². The monoisotopic (exact) mass is 432 g/mol. The second kappa shape index (κ2) is 11.8. The maximum absolute atomic E-state index is 12.1. The Labute approximate surface area is 180 Å². The van der Waals surface area contributed by atoms with Gasteiger partial charge >= 0.3 is 5.97 Å². The van der Waals surface area contributed by atoms with Crippen LogP contribution in [0.2, 0.25) is 5.02 Å². The Kier molecular flexibility index (Phi) is 9.15. The van der Waals surface area contributed by atoms with Gasteiger partial charge in [-0.25, -0.2) is 0 Å². The van der Waals surface area contributed by atoms with Gasteiger partial charge in [0, 0.05) is 17.1 Å². The molecule has 0 aromatic heterocycles. The van der Waals surface area contributed by atoms with E-state index >= 15 is 0 Å². The molecule has 0 spiro atoms. The highest BCUT2D eigenvalue weighted by molar-refractivity contribution is 6.31. The zero-order chi connectivity index (χ0) is 21.9. The Morgan fingerprint density at radius 1 is 1.03 bits per heavy atom. The average molecular weight is 433 g/mol. The highest BCUT2D eigenvalue weighted by atomic mass is 35.5. The molecule has 2 N–H and O–H groups in total. The molecule has 2 amide bonds. The third-order valence-electron chi connectivity index (χ3n) is 4.21. The number of aryl methyl sites for hydroxylation is 1. The van der Waals surface area contributed by atoms with Gasteiger partial charge in [-0.1, -0.05) is 23.7 Å². The van der Waals surface area contributed by atoms with Gasteiger partial charge in [-0.2, -0.15) is 0 Å². The van der Waals surface area contributed by atoms with Crippen molar-refractivity contribution in [3.8, 4) is 5.75 Å². The fraction of sp³-hybridized carbons (Fsp3) is 0.318. The molecule has 8 heteroatoms. The van der Waals surface area contributed by atoms with E-state index in [1.807, 2.05) is 13.0 Å². The van der Waals surface area contributed by atoms with Gasteiger partial charge in [-0.05, 0) is 54.8 Å². The third kappa shape index (κ3) is 8.13. The summed E-state index contributed by atoms with van der Waals surface area (Å²) < 4.78 is 10.1. The standard InChI is InChI=1S/C22H25ClN2O5/c1-15-12-18(9-10-19(15)23)30-11-3-4-20(26)25-17-7-5-16(6-8-17)13-21(27)24-14-22(28)29-2/h5-10,12H,3-4,11,13-14H2,1-2H3,(H,24,27)(H,25,26). The summed E-state index contributed by atoms with van der Waals surface area (Å²) in [6.07, 6.45) is 1.03. The number of rotatable bonds is 10. The predicted molar refractivity (Wildman–Crippen MR) is 115 cm³/mol. The van der Waals surface area contributed by atoms with E-state index in [0.717, 1.165) is 16.9 Å². The van der Waals surface area contributed by atoms with Gasteiger partial charge in [-0.3, -0.25) is 14.4 Å². The van der Waals surface area contributed by atoms with E-state index in [4.69, 9.17) is 16.3 Å². The van der Waals surface area contributed by atoms with Gasteiger partial charge in [0.15, 0.2) is 0 Å². The maximum atomic E-state index is 12.1. The minimum absolute atomic E-state index is 0.116. The highest BCUT2D eigenvalue weighted by Gasteiger charge is 2.08. The van der Waals surface area contributed by atoms with Crippen LogP contribution in [0.4, 0.5) is 5.69 Å². The fourth-order valence-corrected chi connectivity index (χ4v) is 2.67. The first-order valence-electron chi connectivity index (χ1n) is 9.48. The Morgan fingerprint density at radius 3 is 2.43 bits per heavy atom. The van der Waals surface area contributed by atoms with E-state index in [2.05, 4.69) is 15.4 Å². The van der Waals surface area contributed by atoms with Crippen molar-refractivity contribution in [1.82, 2.24) is 5.32 Å². The molecule has 0 unspecified atom stereocenters. The number of esters is 1. The molecule has 0 atom stereocenters. The Morgan fingerprint density at radius 2 is 1.77 bits per heavy atom. The molecular formula is C22H25ClN2O5. The molecule has 0 fully saturated rings. The van der Waals surface area contributed by atoms with E-state index in [-0.39, 0.29) is 24.8 Å². The summed E-state index contributed by atoms with van der Waals surface area (Å²) >= 11 is 5.98. The highest BCUT2D eigenvalue weighted by Crippen LogP contribution is 2.21. The number of nitrogens with one attached hydrogen (secondary N) is 2. The van der Waals surface area contributed by atoms with Crippen LogP contribution in [0.25, 0.3) is 0 Å². The van der Waals surface area contributed by atoms with Crippen molar-refractivity contribution < 1.29 is 23.9 Å². The summed E-state index contributed by atoms with van der Waals surface area (Å²) in [6, 6.07) is 12.4. The quantitative estimate of drug-likeness (QED) is 0.444. The first-order valence-corrected chi connectivity index (χ1v) is 9.86. The molecular weight excluding hydrogens is 408 g/mol. The molecule has 0 aliphatic heterocycles. The summed E-state index contributed by atoms with van der Waals surface area (Å²) in [5.41, 5.74) is 2.35. The molecule has 0 heterocycles. The zero-order valence-corrected chi connectivity index (χ0v) is 17.8. The summed E-state index contributed by atoms with van der Waals surface area (Å²) in [5, 5.41) is 5.97. The molecule has 0 aliphatic carbocycles. The van der Waals surface area contributed by atoms with Gasteiger partial charge in [0.2, 0.25) is 11.8 Å². The largest absolute Gasteiger partial charge is 0.494 e. The molecule has 30 heavy (non-hydrogen) atoms. The first-order chi connectivity index (χ1) is 14.4. The number of hydrogen-bond donors (Lipinski definition) is 2.